The maximum atomic E-state index is 9.75. The highest BCUT2D eigenvalue weighted by molar-refractivity contribution is 6.50. The number of hydrogen-bond acceptors (Lipinski definition) is 2. The number of rotatable bonds is 3. The molecule has 1 aromatic heterocycles. The van der Waals surface area contributed by atoms with Crippen molar-refractivity contribution in [2.24, 2.45) is 0 Å². The highest BCUT2D eigenvalue weighted by atomic mass is 19.5. The van der Waals surface area contributed by atoms with Gasteiger partial charge in [0.1, 0.15) is 0 Å². The van der Waals surface area contributed by atoms with Gasteiger partial charge in [0.25, 0.3) is 5.69 Å². The van der Waals surface area contributed by atoms with Crippen LogP contribution in [0.5, 0.6) is 5.88 Å². The Morgan fingerprint density at radius 1 is 1.28 bits per heavy atom. The molecule has 1 rings (SSSR count). The summed E-state index contributed by atoms with van der Waals surface area (Å²) in [5.74, 6) is 0.754. The van der Waals surface area contributed by atoms with Gasteiger partial charge in [-0.05, 0) is 19.9 Å². The molecule has 0 bridgehead atoms. The van der Waals surface area contributed by atoms with E-state index in [9.17, 15) is 17.3 Å². The fourth-order valence-corrected chi connectivity index (χ4v) is 1.22. The Kier molecular flexibility index (Phi) is 6.79. The third-order valence-electron chi connectivity index (χ3n) is 1.77. The average Bonchev–Trinajstić information content (AvgIpc) is 2.27. The van der Waals surface area contributed by atoms with Crippen molar-refractivity contribution in [3.05, 3.63) is 23.9 Å². The molecular weight excluding hydrogens is 251 g/mol. The van der Waals surface area contributed by atoms with Crippen molar-refractivity contribution in [1.29, 1.82) is 5.26 Å². The number of pyridine rings is 1. The van der Waals surface area contributed by atoms with Gasteiger partial charge in [-0.3, -0.25) is 0 Å². The Morgan fingerprint density at radius 3 is 2.22 bits per heavy atom. The fraction of sp³-hybridized carbons (Fsp3) is 0.400. The monoisotopic (exact) mass is 264 g/mol. The second-order valence-corrected chi connectivity index (χ2v) is 3.03. The van der Waals surface area contributed by atoms with E-state index in [1.54, 1.807) is 6.07 Å². The highest BCUT2D eigenvalue weighted by Gasteiger charge is 2.20. The fourth-order valence-electron chi connectivity index (χ4n) is 1.22. The normalized spacial score (nSPS) is 10.1. The summed E-state index contributed by atoms with van der Waals surface area (Å²) in [6.07, 6.45) is 0. The number of aromatic nitrogens is 1. The first-order valence-electron chi connectivity index (χ1n) is 5.26. The summed E-state index contributed by atoms with van der Waals surface area (Å²) in [5.41, 5.74) is 0.633. The predicted molar refractivity (Wildman–Crippen MR) is 58.4 cm³/mol. The van der Waals surface area contributed by atoms with Gasteiger partial charge in [-0.15, -0.1) is 0 Å². The molecular formula is C10H13BF4N2O. The zero-order chi connectivity index (χ0) is 14.2. The van der Waals surface area contributed by atoms with Crippen molar-refractivity contribution in [2.75, 3.05) is 6.61 Å². The molecule has 0 aromatic carbocycles. The molecule has 0 aliphatic rings. The minimum absolute atomic E-state index is 0.620. The van der Waals surface area contributed by atoms with Crippen molar-refractivity contribution < 1.29 is 26.6 Å². The molecule has 1 heterocycles. The molecule has 8 heteroatoms. The van der Waals surface area contributed by atoms with Gasteiger partial charge < -0.3 is 22.0 Å². The lowest BCUT2D eigenvalue weighted by Crippen LogP contribution is -2.38. The lowest BCUT2D eigenvalue weighted by Gasteiger charge is -2.02. The van der Waals surface area contributed by atoms with Crippen LogP contribution in [0.25, 0.3) is 0 Å². The summed E-state index contributed by atoms with van der Waals surface area (Å²) in [6, 6.07) is 7.61. The van der Waals surface area contributed by atoms with Crippen molar-refractivity contribution in [1.82, 2.24) is 0 Å². The van der Waals surface area contributed by atoms with E-state index in [0.717, 1.165) is 12.4 Å². The summed E-state index contributed by atoms with van der Waals surface area (Å²) < 4.78 is 46.2. The first-order valence-corrected chi connectivity index (χ1v) is 5.26. The Balaban J connectivity index is 0.000000494. The second-order valence-electron chi connectivity index (χ2n) is 3.03. The molecule has 0 atom stereocenters. The lowest BCUT2D eigenvalue weighted by molar-refractivity contribution is -0.701. The molecule has 18 heavy (non-hydrogen) atoms. The van der Waals surface area contributed by atoms with E-state index in [-0.39, 0.29) is 0 Å². The first kappa shape index (κ1) is 16.2. The minimum Gasteiger partial charge on any atom is -0.445 e. The van der Waals surface area contributed by atoms with Crippen molar-refractivity contribution >= 4 is 7.25 Å². The van der Waals surface area contributed by atoms with E-state index < -0.39 is 7.25 Å². The Hall–Kier alpha value is -1.78. The SMILES string of the molecule is CCOc1cccc(C#N)[n+]1CC.F[B-](F)(F)F. The van der Waals surface area contributed by atoms with E-state index in [1.807, 2.05) is 30.5 Å². The van der Waals surface area contributed by atoms with Crippen LogP contribution in [0.1, 0.15) is 19.5 Å². The van der Waals surface area contributed by atoms with Gasteiger partial charge in [0, 0.05) is 6.07 Å². The van der Waals surface area contributed by atoms with Crippen LogP contribution in [0.4, 0.5) is 17.3 Å². The quantitative estimate of drug-likeness (QED) is 0.478. The van der Waals surface area contributed by atoms with Crippen LogP contribution < -0.4 is 9.30 Å². The third kappa shape index (κ3) is 6.73. The molecule has 0 amide bonds. The van der Waals surface area contributed by atoms with Gasteiger partial charge >= 0.3 is 13.1 Å². The van der Waals surface area contributed by atoms with E-state index in [1.165, 1.54) is 0 Å². The average molecular weight is 264 g/mol. The zero-order valence-electron chi connectivity index (χ0n) is 10.0. The largest absolute Gasteiger partial charge is 0.673 e. The standard InChI is InChI=1S/C10H13N2O.BF4/c1-3-12-9(8-11)6-5-7-10(12)13-4-2;2-1(3,4)5/h5-7H,3-4H2,1-2H3;/q+1;-1. The topological polar surface area (TPSA) is 36.9 Å². The summed E-state index contributed by atoms with van der Waals surface area (Å²) in [7, 11) is -6.00. The molecule has 3 nitrogen and oxygen atoms in total. The zero-order valence-corrected chi connectivity index (χ0v) is 10.0. The van der Waals surface area contributed by atoms with E-state index in [2.05, 4.69) is 6.07 Å². The number of halogens is 4. The Morgan fingerprint density at radius 2 is 1.83 bits per heavy atom. The molecule has 100 valence electrons. The van der Waals surface area contributed by atoms with Crippen LogP contribution in [0.2, 0.25) is 0 Å². The van der Waals surface area contributed by atoms with Crippen LogP contribution in [0.3, 0.4) is 0 Å². The first-order chi connectivity index (χ1) is 8.33. The molecule has 0 radical (unpaired) electrons. The summed E-state index contributed by atoms with van der Waals surface area (Å²) >= 11 is 0. The van der Waals surface area contributed by atoms with E-state index >= 15 is 0 Å². The highest BCUT2D eigenvalue weighted by Crippen LogP contribution is 2.06. The smallest absolute Gasteiger partial charge is 0.445 e. The number of hydrogen-bond donors (Lipinski definition) is 0. The molecule has 0 aliphatic heterocycles. The van der Waals surface area contributed by atoms with Crippen LogP contribution in [-0.2, 0) is 6.54 Å². The molecule has 0 fully saturated rings. The van der Waals surface area contributed by atoms with Crippen molar-refractivity contribution in [3.63, 3.8) is 0 Å². The van der Waals surface area contributed by atoms with E-state index in [0.29, 0.717) is 12.3 Å². The Bertz CT molecular complexity index is 411. The minimum atomic E-state index is -6.00. The molecule has 0 aliphatic carbocycles. The van der Waals surface area contributed by atoms with Gasteiger partial charge in [-0.25, -0.2) is 0 Å². The van der Waals surface area contributed by atoms with Crippen LogP contribution >= 0.6 is 0 Å². The molecule has 0 spiro atoms. The van der Waals surface area contributed by atoms with Crippen molar-refractivity contribution in [2.45, 2.75) is 20.4 Å². The van der Waals surface area contributed by atoms with Crippen LogP contribution in [0, 0.1) is 11.3 Å². The predicted octanol–water partition coefficient (Wildman–Crippen LogP) is 2.56. The molecule has 1 aromatic rings. The third-order valence-corrected chi connectivity index (χ3v) is 1.77. The van der Waals surface area contributed by atoms with Gasteiger partial charge in [0.15, 0.2) is 12.6 Å². The number of nitrogens with zero attached hydrogens (tertiary/aromatic N) is 2. The maximum Gasteiger partial charge on any atom is 0.673 e. The summed E-state index contributed by atoms with van der Waals surface area (Å²) in [5, 5.41) is 8.82. The number of nitriles is 1. The molecule has 0 saturated carbocycles. The lowest BCUT2D eigenvalue weighted by atomic mass is 10.3. The van der Waals surface area contributed by atoms with Gasteiger partial charge in [-0.1, -0.05) is 0 Å². The second kappa shape index (κ2) is 7.53. The summed E-state index contributed by atoms with van der Waals surface area (Å²) in [4.78, 5) is 0. The van der Waals surface area contributed by atoms with E-state index in [4.69, 9.17) is 10.00 Å². The molecule has 0 N–H and O–H groups in total. The van der Waals surface area contributed by atoms with Gasteiger partial charge in [0.05, 0.1) is 12.7 Å². The van der Waals surface area contributed by atoms with Gasteiger partial charge in [-0.2, -0.15) is 9.83 Å². The number of ether oxygens (including phenoxy) is 1. The van der Waals surface area contributed by atoms with Crippen molar-refractivity contribution in [3.8, 4) is 11.9 Å². The maximum absolute atomic E-state index is 9.75. The Labute approximate surface area is 103 Å². The van der Waals surface area contributed by atoms with Gasteiger partial charge in [0.2, 0.25) is 0 Å². The molecule has 0 saturated heterocycles. The van der Waals surface area contributed by atoms with Crippen LogP contribution in [-0.4, -0.2) is 13.9 Å². The summed E-state index contributed by atoms with van der Waals surface area (Å²) in [6.45, 7) is 5.29. The van der Waals surface area contributed by atoms with Crippen LogP contribution in [0.15, 0.2) is 18.2 Å². The molecule has 0 unspecified atom stereocenters.